The van der Waals surface area contributed by atoms with E-state index in [1.165, 1.54) is 11.8 Å². The molecule has 0 aliphatic carbocycles. The maximum Gasteiger partial charge on any atom is 0.326 e. The maximum atomic E-state index is 11.6. The molecule has 0 radical (unpaired) electrons. The second-order valence-electron chi connectivity index (χ2n) is 4.13. The minimum absolute atomic E-state index is 0.213. The summed E-state index contributed by atoms with van der Waals surface area (Å²) in [6.07, 6.45) is 2.78. The lowest BCUT2D eigenvalue weighted by Crippen LogP contribution is -2.40. The van der Waals surface area contributed by atoms with E-state index in [4.69, 9.17) is 5.11 Å². The zero-order valence-electron chi connectivity index (χ0n) is 9.54. The molecule has 17 heavy (non-hydrogen) atoms. The number of carbonyl (C=O) groups is 2. The predicted octanol–water partition coefficient (Wildman–Crippen LogP) is 1.22. The number of carboxylic acid groups (broad SMARTS) is 1. The van der Waals surface area contributed by atoms with Crippen molar-refractivity contribution in [1.82, 2.24) is 9.88 Å². The van der Waals surface area contributed by atoms with Crippen molar-refractivity contribution < 1.29 is 14.7 Å². The second-order valence-corrected chi connectivity index (χ2v) is 4.13. The summed E-state index contributed by atoms with van der Waals surface area (Å²) in [6.45, 7) is 1.40. The lowest BCUT2D eigenvalue weighted by Gasteiger charge is -2.26. The number of hydrogen-bond acceptors (Lipinski definition) is 3. The van der Waals surface area contributed by atoms with Gasteiger partial charge in [-0.1, -0.05) is 6.07 Å². The number of hydrogen-bond donors (Lipinski definition) is 1. The van der Waals surface area contributed by atoms with E-state index < -0.39 is 12.0 Å². The summed E-state index contributed by atoms with van der Waals surface area (Å²) in [4.78, 5) is 28.3. The molecule has 0 spiro atoms. The van der Waals surface area contributed by atoms with Gasteiger partial charge in [0.15, 0.2) is 0 Å². The van der Waals surface area contributed by atoms with Crippen LogP contribution in [0.5, 0.6) is 0 Å². The third-order valence-corrected chi connectivity index (χ3v) is 3.06. The van der Waals surface area contributed by atoms with Gasteiger partial charge in [-0.2, -0.15) is 0 Å². The molecule has 0 saturated carbocycles. The maximum absolute atomic E-state index is 11.6. The Hall–Kier alpha value is -1.91. The average Bonchev–Trinajstić information content (AvgIpc) is 2.74. The molecule has 1 aromatic heterocycles. The lowest BCUT2D eigenvalue weighted by molar-refractivity contribution is -0.148. The Balaban J connectivity index is 2.30. The SMILES string of the molecule is CC(=O)N1[C@@H](c2ccccn2)CC[C@H]1C(=O)O. The minimum atomic E-state index is -0.946. The summed E-state index contributed by atoms with van der Waals surface area (Å²) in [5, 5.41) is 9.08. The molecule has 1 aliphatic rings. The number of carboxylic acids is 1. The first kappa shape index (κ1) is 11.6. The molecular weight excluding hydrogens is 220 g/mol. The standard InChI is InChI=1S/C12H14N2O3/c1-8(15)14-10(5-6-11(14)12(16)17)9-4-2-3-7-13-9/h2-4,7,10-11H,5-6H2,1H3,(H,16,17)/t10-,11+/m1/s1. The molecule has 90 valence electrons. The fourth-order valence-electron chi connectivity index (χ4n) is 2.36. The first-order valence-corrected chi connectivity index (χ1v) is 5.54. The number of aliphatic carboxylic acids is 1. The number of carbonyl (C=O) groups excluding carboxylic acids is 1. The van der Waals surface area contributed by atoms with E-state index in [9.17, 15) is 9.59 Å². The topological polar surface area (TPSA) is 70.5 Å². The van der Waals surface area contributed by atoms with Crippen molar-refractivity contribution >= 4 is 11.9 Å². The highest BCUT2D eigenvalue weighted by molar-refractivity contribution is 5.83. The fraction of sp³-hybridized carbons (Fsp3) is 0.417. The molecule has 0 unspecified atom stereocenters. The van der Waals surface area contributed by atoms with Crippen LogP contribution in [0.2, 0.25) is 0 Å². The normalized spacial score (nSPS) is 23.7. The lowest BCUT2D eigenvalue weighted by atomic mass is 10.1. The summed E-state index contributed by atoms with van der Waals surface area (Å²) in [5.74, 6) is -1.16. The third-order valence-electron chi connectivity index (χ3n) is 3.06. The van der Waals surface area contributed by atoms with Crippen molar-refractivity contribution in [2.45, 2.75) is 31.8 Å². The van der Waals surface area contributed by atoms with E-state index in [1.807, 2.05) is 12.1 Å². The Morgan fingerprint density at radius 3 is 2.71 bits per heavy atom. The monoisotopic (exact) mass is 234 g/mol. The zero-order chi connectivity index (χ0) is 12.4. The molecule has 1 fully saturated rings. The fourth-order valence-corrected chi connectivity index (χ4v) is 2.36. The molecule has 1 saturated heterocycles. The van der Waals surface area contributed by atoms with Crippen LogP contribution >= 0.6 is 0 Å². The molecule has 2 heterocycles. The van der Waals surface area contributed by atoms with Gasteiger partial charge in [-0.3, -0.25) is 9.78 Å². The quantitative estimate of drug-likeness (QED) is 0.835. The van der Waals surface area contributed by atoms with Crippen LogP contribution in [-0.2, 0) is 9.59 Å². The summed E-state index contributed by atoms with van der Waals surface area (Å²) < 4.78 is 0. The number of likely N-dealkylation sites (tertiary alicyclic amines) is 1. The molecule has 2 rings (SSSR count). The van der Waals surface area contributed by atoms with Gasteiger partial charge in [0.25, 0.3) is 0 Å². The largest absolute Gasteiger partial charge is 0.480 e. The predicted molar refractivity (Wildman–Crippen MR) is 60.2 cm³/mol. The Labute approximate surface area is 99.1 Å². The average molecular weight is 234 g/mol. The first-order valence-electron chi connectivity index (χ1n) is 5.54. The molecular formula is C12H14N2O3. The van der Waals surface area contributed by atoms with Gasteiger partial charge >= 0.3 is 5.97 Å². The Bertz CT molecular complexity index is 433. The Kier molecular flexibility index (Phi) is 3.08. The number of amides is 1. The summed E-state index contributed by atoms with van der Waals surface area (Å²) in [7, 11) is 0. The van der Waals surface area contributed by atoms with Crippen LogP contribution < -0.4 is 0 Å². The van der Waals surface area contributed by atoms with Crippen molar-refractivity contribution in [1.29, 1.82) is 0 Å². The third kappa shape index (κ3) is 2.13. The molecule has 2 atom stereocenters. The molecule has 1 aromatic rings. The van der Waals surface area contributed by atoms with Gasteiger partial charge < -0.3 is 10.0 Å². The van der Waals surface area contributed by atoms with Crippen molar-refractivity contribution in [2.75, 3.05) is 0 Å². The van der Waals surface area contributed by atoms with Crippen molar-refractivity contribution in [3.63, 3.8) is 0 Å². The summed E-state index contributed by atoms with van der Waals surface area (Å²) in [5.41, 5.74) is 0.756. The van der Waals surface area contributed by atoms with Gasteiger partial charge in [0.1, 0.15) is 6.04 Å². The van der Waals surface area contributed by atoms with Crippen LogP contribution in [0.25, 0.3) is 0 Å². The van der Waals surface area contributed by atoms with E-state index in [-0.39, 0.29) is 11.9 Å². The number of aromatic nitrogens is 1. The number of nitrogens with zero attached hydrogens (tertiary/aromatic N) is 2. The smallest absolute Gasteiger partial charge is 0.326 e. The molecule has 0 bridgehead atoms. The molecule has 5 heteroatoms. The van der Waals surface area contributed by atoms with E-state index >= 15 is 0 Å². The second kappa shape index (κ2) is 4.53. The van der Waals surface area contributed by atoms with Crippen LogP contribution in [-0.4, -0.2) is 32.9 Å². The van der Waals surface area contributed by atoms with Crippen LogP contribution in [0.15, 0.2) is 24.4 Å². The highest BCUT2D eigenvalue weighted by Crippen LogP contribution is 2.35. The minimum Gasteiger partial charge on any atom is -0.480 e. The Morgan fingerprint density at radius 1 is 1.41 bits per heavy atom. The van der Waals surface area contributed by atoms with Gasteiger partial charge in [0, 0.05) is 13.1 Å². The highest BCUT2D eigenvalue weighted by atomic mass is 16.4. The zero-order valence-corrected chi connectivity index (χ0v) is 9.54. The highest BCUT2D eigenvalue weighted by Gasteiger charge is 2.40. The van der Waals surface area contributed by atoms with E-state index in [0.29, 0.717) is 12.8 Å². The number of pyridine rings is 1. The van der Waals surface area contributed by atoms with Gasteiger partial charge in [-0.05, 0) is 25.0 Å². The van der Waals surface area contributed by atoms with Crippen molar-refractivity contribution in [2.24, 2.45) is 0 Å². The van der Waals surface area contributed by atoms with Gasteiger partial charge in [-0.25, -0.2) is 4.79 Å². The van der Waals surface area contributed by atoms with Crippen LogP contribution in [0.4, 0.5) is 0 Å². The molecule has 1 amide bonds. The van der Waals surface area contributed by atoms with Crippen LogP contribution in [0.1, 0.15) is 31.5 Å². The van der Waals surface area contributed by atoms with Crippen LogP contribution in [0.3, 0.4) is 0 Å². The van der Waals surface area contributed by atoms with Crippen LogP contribution in [0, 0.1) is 0 Å². The summed E-state index contributed by atoms with van der Waals surface area (Å²) in [6, 6.07) is 4.53. The van der Waals surface area contributed by atoms with E-state index in [2.05, 4.69) is 4.98 Å². The molecule has 1 aliphatic heterocycles. The van der Waals surface area contributed by atoms with Gasteiger partial charge in [0.2, 0.25) is 5.91 Å². The first-order chi connectivity index (χ1) is 8.11. The van der Waals surface area contributed by atoms with E-state index in [0.717, 1.165) is 5.69 Å². The van der Waals surface area contributed by atoms with Gasteiger partial charge in [-0.15, -0.1) is 0 Å². The van der Waals surface area contributed by atoms with Crippen molar-refractivity contribution in [3.8, 4) is 0 Å². The van der Waals surface area contributed by atoms with Crippen molar-refractivity contribution in [3.05, 3.63) is 30.1 Å². The van der Waals surface area contributed by atoms with E-state index in [1.54, 1.807) is 12.3 Å². The summed E-state index contributed by atoms with van der Waals surface area (Å²) >= 11 is 0. The molecule has 0 aromatic carbocycles. The molecule has 1 N–H and O–H groups in total. The van der Waals surface area contributed by atoms with Gasteiger partial charge in [0.05, 0.1) is 11.7 Å². The molecule has 5 nitrogen and oxygen atoms in total. The Morgan fingerprint density at radius 2 is 2.18 bits per heavy atom. The number of rotatable bonds is 2.